The van der Waals surface area contributed by atoms with Crippen LogP contribution in [0.25, 0.3) is 0 Å². The monoisotopic (exact) mass is 242 g/mol. The Bertz CT molecular complexity index is 327. The van der Waals surface area contributed by atoms with E-state index in [9.17, 15) is 4.79 Å². The van der Waals surface area contributed by atoms with Gasteiger partial charge in [-0.2, -0.15) is 11.3 Å². The number of rotatable bonds is 5. The van der Waals surface area contributed by atoms with Crippen molar-refractivity contribution in [1.82, 2.24) is 5.32 Å². The van der Waals surface area contributed by atoms with Gasteiger partial charge in [-0.1, -0.05) is 6.92 Å². The lowest BCUT2D eigenvalue weighted by Crippen LogP contribution is -2.47. The van der Waals surface area contributed by atoms with E-state index in [1.807, 2.05) is 30.7 Å². The van der Waals surface area contributed by atoms with Gasteiger partial charge < -0.3 is 15.7 Å². The third kappa shape index (κ3) is 3.83. The van der Waals surface area contributed by atoms with Gasteiger partial charge in [0.15, 0.2) is 0 Å². The van der Waals surface area contributed by atoms with Crippen molar-refractivity contribution >= 4 is 23.1 Å². The summed E-state index contributed by atoms with van der Waals surface area (Å²) < 4.78 is 0. The van der Waals surface area contributed by atoms with Crippen molar-refractivity contribution in [2.75, 3.05) is 11.9 Å². The molecule has 0 aliphatic heterocycles. The van der Waals surface area contributed by atoms with Gasteiger partial charge in [-0.05, 0) is 31.2 Å². The quantitative estimate of drug-likeness (QED) is 0.742. The van der Waals surface area contributed by atoms with E-state index < -0.39 is 0 Å². The number of nitrogens with one attached hydrogen (secondary N) is 2. The number of carbonyl (C=O) groups is 1. The van der Waals surface area contributed by atoms with Crippen molar-refractivity contribution in [3.63, 3.8) is 0 Å². The van der Waals surface area contributed by atoms with E-state index in [4.69, 9.17) is 5.11 Å². The van der Waals surface area contributed by atoms with Gasteiger partial charge in [0, 0.05) is 17.5 Å². The van der Waals surface area contributed by atoms with Gasteiger partial charge in [-0.3, -0.25) is 0 Å². The number of hydrogen-bond donors (Lipinski definition) is 3. The summed E-state index contributed by atoms with van der Waals surface area (Å²) >= 11 is 1.53. The highest BCUT2D eigenvalue weighted by atomic mass is 32.1. The number of aliphatic hydroxyl groups is 1. The Hall–Kier alpha value is -1.07. The topological polar surface area (TPSA) is 61.4 Å². The molecule has 1 atom stereocenters. The summed E-state index contributed by atoms with van der Waals surface area (Å²) in [6, 6.07) is 1.62. The minimum absolute atomic E-state index is 0.0725. The van der Waals surface area contributed by atoms with Crippen LogP contribution in [0.4, 0.5) is 10.5 Å². The third-order valence-corrected chi connectivity index (χ3v) is 3.32. The number of thiophene rings is 1. The molecule has 16 heavy (non-hydrogen) atoms. The zero-order valence-electron chi connectivity index (χ0n) is 9.62. The van der Waals surface area contributed by atoms with Gasteiger partial charge in [0.05, 0.1) is 5.69 Å². The van der Waals surface area contributed by atoms with Crippen LogP contribution in [0.15, 0.2) is 16.8 Å². The maximum absolute atomic E-state index is 11.7. The number of amides is 2. The SMILES string of the molecule is CCC(C)(CCO)NC(=O)Nc1ccsc1. The summed E-state index contributed by atoms with van der Waals surface area (Å²) in [5.74, 6) is 0. The van der Waals surface area contributed by atoms with E-state index in [2.05, 4.69) is 10.6 Å². The molecule has 90 valence electrons. The van der Waals surface area contributed by atoms with Crippen molar-refractivity contribution in [3.05, 3.63) is 16.8 Å². The smallest absolute Gasteiger partial charge is 0.319 e. The first kappa shape index (κ1) is 13.0. The molecule has 1 aromatic heterocycles. The van der Waals surface area contributed by atoms with Gasteiger partial charge >= 0.3 is 6.03 Å². The first-order valence-corrected chi connectivity index (χ1v) is 6.26. The van der Waals surface area contributed by atoms with Crippen molar-refractivity contribution in [2.24, 2.45) is 0 Å². The molecule has 0 aromatic carbocycles. The van der Waals surface area contributed by atoms with Crippen LogP contribution < -0.4 is 10.6 Å². The molecule has 0 bridgehead atoms. The summed E-state index contributed by atoms with van der Waals surface area (Å²) in [5.41, 5.74) is 0.444. The number of anilines is 1. The maximum Gasteiger partial charge on any atom is 0.319 e. The molecule has 1 rings (SSSR count). The molecule has 0 aliphatic rings. The normalized spacial score (nSPS) is 14.2. The second-order valence-electron chi connectivity index (χ2n) is 3.98. The van der Waals surface area contributed by atoms with Crippen molar-refractivity contribution in [2.45, 2.75) is 32.2 Å². The largest absolute Gasteiger partial charge is 0.396 e. The summed E-state index contributed by atoms with van der Waals surface area (Å²) in [4.78, 5) is 11.7. The van der Waals surface area contributed by atoms with E-state index >= 15 is 0 Å². The van der Waals surface area contributed by atoms with Gasteiger partial charge in [0.1, 0.15) is 0 Å². The minimum atomic E-state index is -0.352. The van der Waals surface area contributed by atoms with Gasteiger partial charge in [-0.15, -0.1) is 0 Å². The summed E-state index contributed by atoms with van der Waals surface area (Å²) in [6.07, 6.45) is 1.34. The third-order valence-electron chi connectivity index (χ3n) is 2.64. The fraction of sp³-hybridized carbons (Fsp3) is 0.545. The van der Waals surface area contributed by atoms with E-state index in [1.54, 1.807) is 0 Å². The second-order valence-corrected chi connectivity index (χ2v) is 4.76. The molecule has 0 spiro atoms. The van der Waals surface area contributed by atoms with Crippen LogP contribution in [0.2, 0.25) is 0 Å². The molecule has 0 aliphatic carbocycles. The maximum atomic E-state index is 11.7. The van der Waals surface area contributed by atoms with Crippen molar-refractivity contribution < 1.29 is 9.90 Å². The Kier molecular flexibility index (Phi) is 4.76. The molecule has 1 unspecified atom stereocenters. The van der Waals surface area contributed by atoms with Crippen LogP contribution in [0, 0.1) is 0 Å². The highest BCUT2D eigenvalue weighted by molar-refractivity contribution is 7.08. The van der Waals surface area contributed by atoms with Gasteiger partial charge in [0.25, 0.3) is 0 Å². The van der Waals surface area contributed by atoms with Gasteiger partial charge in [-0.25, -0.2) is 4.79 Å². The van der Waals surface area contributed by atoms with E-state index in [0.29, 0.717) is 6.42 Å². The molecule has 0 saturated heterocycles. The fourth-order valence-corrected chi connectivity index (χ4v) is 1.93. The van der Waals surface area contributed by atoms with Gasteiger partial charge in [0.2, 0.25) is 0 Å². The van der Waals surface area contributed by atoms with Crippen molar-refractivity contribution in [3.8, 4) is 0 Å². The molecule has 3 N–H and O–H groups in total. The fourth-order valence-electron chi connectivity index (χ4n) is 1.35. The summed E-state index contributed by atoms with van der Waals surface area (Å²) in [5, 5.41) is 18.3. The Balaban J connectivity index is 2.49. The first-order chi connectivity index (χ1) is 7.59. The van der Waals surface area contributed by atoms with Crippen LogP contribution in [0.3, 0.4) is 0 Å². The van der Waals surface area contributed by atoms with E-state index in [1.165, 1.54) is 11.3 Å². The molecule has 5 heteroatoms. The van der Waals surface area contributed by atoms with E-state index in [-0.39, 0.29) is 18.2 Å². The zero-order valence-corrected chi connectivity index (χ0v) is 10.4. The minimum Gasteiger partial charge on any atom is -0.396 e. The predicted octanol–water partition coefficient (Wildman–Crippen LogP) is 2.42. The average molecular weight is 242 g/mol. The number of aliphatic hydroxyl groups excluding tert-OH is 1. The summed E-state index contributed by atoms with van der Waals surface area (Å²) in [6.45, 7) is 3.99. The number of carbonyl (C=O) groups excluding carboxylic acids is 1. The van der Waals surface area contributed by atoms with Crippen molar-refractivity contribution in [1.29, 1.82) is 0 Å². The Morgan fingerprint density at radius 3 is 2.88 bits per heavy atom. The molecule has 1 aromatic rings. The van der Waals surface area contributed by atoms with Crippen LogP contribution in [-0.4, -0.2) is 23.3 Å². The molecule has 0 radical (unpaired) electrons. The Morgan fingerprint density at radius 1 is 1.62 bits per heavy atom. The number of urea groups is 1. The number of hydrogen-bond acceptors (Lipinski definition) is 3. The average Bonchev–Trinajstić information content (AvgIpc) is 2.70. The highest BCUT2D eigenvalue weighted by Crippen LogP contribution is 2.15. The lowest BCUT2D eigenvalue weighted by Gasteiger charge is -2.28. The molecule has 0 saturated carbocycles. The molecule has 2 amide bonds. The predicted molar refractivity (Wildman–Crippen MR) is 66.9 cm³/mol. The highest BCUT2D eigenvalue weighted by Gasteiger charge is 2.23. The van der Waals surface area contributed by atoms with Crippen LogP contribution in [-0.2, 0) is 0 Å². The standard InChI is InChI=1S/C11H18N2O2S/c1-3-11(2,5-6-14)13-10(15)12-9-4-7-16-8-9/h4,7-8,14H,3,5-6H2,1-2H3,(H2,12,13,15). The molecule has 1 heterocycles. The molecular formula is C11H18N2O2S. The van der Waals surface area contributed by atoms with Crippen LogP contribution in [0.1, 0.15) is 26.7 Å². The molecule has 4 nitrogen and oxygen atoms in total. The second kappa shape index (κ2) is 5.86. The Labute approximate surface area is 99.7 Å². The Morgan fingerprint density at radius 2 is 2.38 bits per heavy atom. The zero-order chi connectivity index (χ0) is 12.0. The molecule has 0 fully saturated rings. The van der Waals surface area contributed by atoms with E-state index in [0.717, 1.165) is 12.1 Å². The first-order valence-electron chi connectivity index (χ1n) is 5.32. The lowest BCUT2D eigenvalue weighted by molar-refractivity contribution is 0.208. The summed E-state index contributed by atoms with van der Waals surface area (Å²) in [7, 11) is 0. The van der Waals surface area contributed by atoms with Crippen LogP contribution in [0.5, 0.6) is 0 Å². The van der Waals surface area contributed by atoms with Crippen LogP contribution >= 0.6 is 11.3 Å². The molecular weight excluding hydrogens is 224 g/mol. The lowest BCUT2D eigenvalue weighted by atomic mass is 9.95.